The Morgan fingerprint density at radius 1 is 1.29 bits per heavy atom. The molecule has 1 atom stereocenters. The Balaban J connectivity index is 4.78. The maximum atomic E-state index is 12.0. The number of hydrogen-bond donors (Lipinski definition) is 2. The predicted molar refractivity (Wildman–Crippen MR) is 66.3 cm³/mol. The van der Waals surface area contributed by atoms with E-state index in [-0.39, 0.29) is 11.8 Å². The Morgan fingerprint density at radius 2 is 1.76 bits per heavy atom. The SMILES string of the molecule is CCC(N)(CC)C(=O)NC(C(=O)OC)C(C)C. The number of carbonyl (C=O) groups excluding carboxylic acids is 2. The summed E-state index contributed by atoms with van der Waals surface area (Å²) >= 11 is 0. The Morgan fingerprint density at radius 3 is 2.06 bits per heavy atom. The third kappa shape index (κ3) is 4.00. The standard InChI is InChI=1S/C12H24N2O3/c1-6-12(13,7-2)11(16)14-9(8(3)4)10(15)17-5/h8-9H,6-7,13H2,1-5H3,(H,14,16). The number of hydrogen-bond acceptors (Lipinski definition) is 4. The summed E-state index contributed by atoms with van der Waals surface area (Å²) in [6, 6.07) is -0.645. The van der Waals surface area contributed by atoms with Gasteiger partial charge in [-0.15, -0.1) is 0 Å². The zero-order chi connectivity index (χ0) is 13.6. The molecule has 0 spiro atoms. The van der Waals surface area contributed by atoms with E-state index in [1.54, 1.807) is 0 Å². The molecule has 0 aromatic carbocycles. The average molecular weight is 244 g/mol. The fourth-order valence-electron chi connectivity index (χ4n) is 1.48. The van der Waals surface area contributed by atoms with Crippen molar-refractivity contribution in [3.05, 3.63) is 0 Å². The summed E-state index contributed by atoms with van der Waals surface area (Å²) in [6.45, 7) is 7.40. The molecule has 0 aliphatic carbocycles. The molecule has 0 aliphatic heterocycles. The van der Waals surface area contributed by atoms with Crippen LogP contribution >= 0.6 is 0 Å². The van der Waals surface area contributed by atoms with Crippen LogP contribution in [0.2, 0.25) is 0 Å². The maximum Gasteiger partial charge on any atom is 0.328 e. The van der Waals surface area contributed by atoms with Crippen LogP contribution in [0.15, 0.2) is 0 Å². The number of nitrogens with two attached hydrogens (primary N) is 1. The zero-order valence-corrected chi connectivity index (χ0v) is 11.4. The number of ether oxygens (including phenoxy) is 1. The third-order valence-corrected chi connectivity index (χ3v) is 3.12. The van der Waals surface area contributed by atoms with E-state index in [1.165, 1.54) is 7.11 Å². The van der Waals surface area contributed by atoms with Crippen molar-refractivity contribution in [1.29, 1.82) is 0 Å². The highest BCUT2D eigenvalue weighted by Crippen LogP contribution is 2.13. The lowest BCUT2D eigenvalue weighted by Gasteiger charge is -2.29. The van der Waals surface area contributed by atoms with Gasteiger partial charge in [-0.2, -0.15) is 0 Å². The molecule has 5 nitrogen and oxygen atoms in total. The molecule has 0 heterocycles. The highest BCUT2D eigenvalue weighted by Gasteiger charge is 2.34. The van der Waals surface area contributed by atoms with Gasteiger partial charge in [-0.25, -0.2) is 4.79 Å². The smallest absolute Gasteiger partial charge is 0.328 e. The van der Waals surface area contributed by atoms with Gasteiger partial charge in [0.25, 0.3) is 0 Å². The molecule has 0 saturated heterocycles. The van der Waals surface area contributed by atoms with Crippen molar-refractivity contribution in [2.24, 2.45) is 11.7 Å². The molecule has 0 bridgehead atoms. The van der Waals surface area contributed by atoms with E-state index in [0.717, 1.165) is 0 Å². The largest absolute Gasteiger partial charge is 0.467 e. The van der Waals surface area contributed by atoms with Crippen LogP contribution in [0.25, 0.3) is 0 Å². The lowest BCUT2D eigenvalue weighted by Crippen LogP contribution is -2.58. The minimum Gasteiger partial charge on any atom is -0.467 e. The van der Waals surface area contributed by atoms with Gasteiger partial charge >= 0.3 is 5.97 Å². The van der Waals surface area contributed by atoms with E-state index >= 15 is 0 Å². The first-order valence-electron chi connectivity index (χ1n) is 6.00. The number of amides is 1. The van der Waals surface area contributed by atoms with Gasteiger partial charge in [0.1, 0.15) is 6.04 Å². The summed E-state index contributed by atoms with van der Waals surface area (Å²) < 4.78 is 4.66. The molecule has 0 rings (SSSR count). The van der Waals surface area contributed by atoms with E-state index in [9.17, 15) is 9.59 Å². The van der Waals surface area contributed by atoms with Crippen molar-refractivity contribution in [3.8, 4) is 0 Å². The molecule has 0 aromatic rings. The molecular formula is C12H24N2O3. The van der Waals surface area contributed by atoms with Crippen LogP contribution in [0.1, 0.15) is 40.5 Å². The first kappa shape index (κ1) is 15.9. The van der Waals surface area contributed by atoms with Crippen LogP contribution in [0.3, 0.4) is 0 Å². The second-order valence-electron chi connectivity index (χ2n) is 4.58. The minimum atomic E-state index is -0.916. The highest BCUT2D eigenvalue weighted by atomic mass is 16.5. The molecule has 3 N–H and O–H groups in total. The fourth-order valence-corrected chi connectivity index (χ4v) is 1.48. The van der Waals surface area contributed by atoms with Gasteiger partial charge in [-0.05, 0) is 18.8 Å². The molecule has 0 radical (unpaired) electrons. The summed E-state index contributed by atoms with van der Waals surface area (Å²) in [6.07, 6.45) is 1.06. The van der Waals surface area contributed by atoms with E-state index < -0.39 is 17.6 Å². The molecule has 1 unspecified atom stereocenters. The van der Waals surface area contributed by atoms with Gasteiger partial charge in [-0.3, -0.25) is 4.79 Å². The van der Waals surface area contributed by atoms with Crippen molar-refractivity contribution in [2.45, 2.75) is 52.1 Å². The Labute approximate surface area is 103 Å². The first-order chi connectivity index (χ1) is 7.82. The molecule has 5 heteroatoms. The van der Waals surface area contributed by atoms with E-state index in [0.29, 0.717) is 12.8 Å². The summed E-state index contributed by atoms with van der Waals surface area (Å²) in [5, 5.41) is 2.67. The molecule has 17 heavy (non-hydrogen) atoms. The van der Waals surface area contributed by atoms with Gasteiger partial charge < -0.3 is 15.8 Å². The lowest BCUT2D eigenvalue weighted by molar-refractivity contribution is -0.147. The first-order valence-corrected chi connectivity index (χ1v) is 6.00. The Kier molecular flexibility index (Phi) is 6.16. The minimum absolute atomic E-state index is 0.0376. The molecule has 0 saturated carbocycles. The Bertz CT molecular complexity index is 273. The summed E-state index contributed by atoms with van der Waals surface area (Å²) in [5.41, 5.74) is 5.05. The highest BCUT2D eigenvalue weighted by molar-refractivity contribution is 5.90. The second-order valence-corrected chi connectivity index (χ2v) is 4.58. The summed E-state index contributed by atoms with van der Waals surface area (Å²) in [4.78, 5) is 23.5. The van der Waals surface area contributed by atoms with E-state index in [1.807, 2.05) is 27.7 Å². The van der Waals surface area contributed by atoms with Crippen LogP contribution in [-0.4, -0.2) is 30.6 Å². The Hall–Kier alpha value is -1.10. The van der Waals surface area contributed by atoms with Gasteiger partial charge in [0.05, 0.1) is 12.6 Å². The topological polar surface area (TPSA) is 81.4 Å². The second kappa shape index (κ2) is 6.59. The van der Waals surface area contributed by atoms with Crippen LogP contribution in [0.4, 0.5) is 0 Å². The molecule has 0 aliphatic rings. The zero-order valence-electron chi connectivity index (χ0n) is 11.4. The van der Waals surface area contributed by atoms with Crippen molar-refractivity contribution in [1.82, 2.24) is 5.32 Å². The quantitative estimate of drug-likeness (QED) is 0.678. The number of nitrogens with one attached hydrogen (secondary N) is 1. The molecular weight excluding hydrogens is 220 g/mol. The summed E-state index contributed by atoms with van der Waals surface area (Å²) in [5.74, 6) is -0.779. The molecule has 1 amide bonds. The van der Waals surface area contributed by atoms with Gasteiger partial charge in [0.15, 0.2) is 0 Å². The number of methoxy groups -OCH3 is 1. The van der Waals surface area contributed by atoms with Gasteiger partial charge in [0.2, 0.25) is 5.91 Å². The van der Waals surface area contributed by atoms with Crippen LogP contribution in [0, 0.1) is 5.92 Å². The molecule has 0 fully saturated rings. The molecule has 0 aromatic heterocycles. The summed E-state index contributed by atoms with van der Waals surface area (Å²) in [7, 11) is 1.30. The normalized spacial score (nSPS) is 13.4. The van der Waals surface area contributed by atoms with Crippen molar-refractivity contribution in [2.75, 3.05) is 7.11 Å². The molecule has 100 valence electrons. The van der Waals surface area contributed by atoms with Crippen molar-refractivity contribution in [3.63, 3.8) is 0 Å². The van der Waals surface area contributed by atoms with Crippen molar-refractivity contribution < 1.29 is 14.3 Å². The van der Waals surface area contributed by atoms with E-state index in [2.05, 4.69) is 10.1 Å². The number of esters is 1. The maximum absolute atomic E-state index is 12.0. The van der Waals surface area contributed by atoms with Crippen LogP contribution in [0.5, 0.6) is 0 Å². The lowest BCUT2D eigenvalue weighted by atomic mass is 9.92. The number of rotatable bonds is 6. The van der Waals surface area contributed by atoms with Crippen LogP contribution < -0.4 is 11.1 Å². The number of carbonyl (C=O) groups is 2. The average Bonchev–Trinajstić information content (AvgIpc) is 2.33. The third-order valence-electron chi connectivity index (χ3n) is 3.12. The monoisotopic (exact) mass is 244 g/mol. The predicted octanol–water partition coefficient (Wildman–Crippen LogP) is 0.818. The van der Waals surface area contributed by atoms with Crippen LogP contribution in [-0.2, 0) is 14.3 Å². The van der Waals surface area contributed by atoms with E-state index in [4.69, 9.17) is 5.73 Å². The van der Waals surface area contributed by atoms with Gasteiger partial charge in [-0.1, -0.05) is 27.7 Å². The van der Waals surface area contributed by atoms with Crippen molar-refractivity contribution >= 4 is 11.9 Å². The fraction of sp³-hybridized carbons (Fsp3) is 0.833. The van der Waals surface area contributed by atoms with Gasteiger partial charge in [0, 0.05) is 0 Å².